The number of allylic oxidation sites excluding steroid dienone is 5. The molecule has 2 nitrogen and oxygen atoms in total. The molecule has 0 bridgehead atoms. The van der Waals surface area contributed by atoms with Crippen molar-refractivity contribution in [2.75, 3.05) is 6.61 Å². The van der Waals surface area contributed by atoms with Gasteiger partial charge in [-0.15, -0.1) is 0 Å². The minimum absolute atomic E-state index is 0.602. The standard InChI is InChI=1S/C15H20O2/c1-4-16-15(17-14-7-5-6-8-14)10-9-12(2)11-13(15)3/h5,7-9,11H,4,6,10H2,1-3H3. The lowest BCUT2D eigenvalue weighted by atomic mass is 9.94. The Kier molecular flexibility index (Phi) is 3.53. The fourth-order valence-electron chi connectivity index (χ4n) is 2.23. The van der Waals surface area contributed by atoms with Crippen molar-refractivity contribution in [3.63, 3.8) is 0 Å². The Morgan fingerprint density at radius 3 is 2.71 bits per heavy atom. The van der Waals surface area contributed by atoms with E-state index in [1.807, 2.05) is 13.0 Å². The number of hydrogen-bond acceptors (Lipinski definition) is 2. The van der Waals surface area contributed by atoms with Gasteiger partial charge in [-0.25, -0.2) is 0 Å². The second kappa shape index (κ2) is 4.92. The molecule has 92 valence electrons. The first-order chi connectivity index (χ1) is 8.16. The van der Waals surface area contributed by atoms with E-state index in [0.717, 1.165) is 24.2 Å². The van der Waals surface area contributed by atoms with Crippen molar-refractivity contribution >= 4 is 0 Å². The van der Waals surface area contributed by atoms with Crippen LogP contribution in [0.15, 0.2) is 47.3 Å². The first-order valence-electron chi connectivity index (χ1n) is 6.21. The van der Waals surface area contributed by atoms with Gasteiger partial charge in [-0.05, 0) is 44.9 Å². The first-order valence-corrected chi connectivity index (χ1v) is 6.21. The zero-order valence-electron chi connectivity index (χ0n) is 10.8. The Bertz CT molecular complexity index is 413. The molecule has 0 saturated heterocycles. The molecular weight excluding hydrogens is 212 g/mol. The largest absolute Gasteiger partial charge is 0.458 e. The highest BCUT2D eigenvalue weighted by molar-refractivity contribution is 5.32. The molecule has 0 aromatic carbocycles. The van der Waals surface area contributed by atoms with Crippen LogP contribution >= 0.6 is 0 Å². The second-order valence-corrected chi connectivity index (χ2v) is 4.51. The molecule has 2 aliphatic carbocycles. The molecule has 2 heteroatoms. The highest BCUT2D eigenvalue weighted by Crippen LogP contribution is 2.35. The maximum absolute atomic E-state index is 6.08. The van der Waals surface area contributed by atoms with Crippen molar-refractivity contribution in [2.24, 2.45) is 0 Å². The number of hydrogen-bond donors (Lipinski definition) is 0. The molecule has 0 aromatic rings. The third kappa shape index (κ3) is 2.52. The van der Waals surface area contributed by atoms with Gasteiger partial charge < -0.3 is 9.47 Å². The first kappa shape index (κ1) is 12.2. The summed E-state index contributed by atoms with van der Waals surface area (Å²) in [6.07, 6.45) is 12.2. The third-order valence-electron chi connectivity index (χ3n) is 3.14. The molecular formula is C15H20O2. The van der Waals surface area contributed by atoms with Crippen LogP contribution in [-0.2, 0) is 9.47 Å². The molecule has 2 aliphatic rings. The van der Waals surface area contributed by atoms with Crippen molar-refractivity contribution in [1.82, 2.24) is 0 Å². The molecule has 0 fully saturated rings. The lowest BCUT2D eigenvalue weighted by molar-refractivity contribution is -0.181. The number of ether oxygens (including phenoxy) is 2. The third-order valence-corrected chi connectivity index (χ3v) is 3.14. The van der Waals surface area contributed by atoms with Crippen LogP contribution in [0.5, 0.6) is 0 Å². The average molecular weight is 232 g/mol. The Morgan fingerprint density at radius 2 is 2.12 bits per heavy atom. The van der Waals surface area contributed by atoms with Crippen molar-refractivity contribution < 1.29 is 9.47 Å². The highest BCUT2D eigenvalue weighted by Gasteiger charge is 2.36. The fraction of sp³-hybridized carbons (Fsp3) is 0.467. The monoisotopic (exact) mass is 232 g/mol. The van der Waals surface area contributed by atoms with Crippen LogP contribution in [0.25, 0.3) is 0 Å². The molecule has 0 N–H and O–H groups in total. The van der Waals surface area contributed by atoms with Gasteiger partial charge in [0.2, 0.25) is 5.79 Å². The summed E-state index contributed by atoms with van der Waals surface area (Å²) in [6.45, 7) is 6.83. The van der Waals surface area contributed by atoms with Gasteiger partial charge in [0.25, 0.3) is 0 Å². The zero-order chi connectivity index (χ0) is 12.3. The minimum Gasteiger partial charge on any atom is -0.458 e. The van der Waals surface area contributed by atoms with E-state index < -0.39 is 5.79 Å². The van der Waals surface area contributed by atoms with E-state index in [2.05, 4.69) is 38.2 Å². The van der Waals surface area contributed by atoms with Crippen molar-refractivity contribution in [1.29, 1.82) is 0 Å². The fourth-order valence-corrected chi connectivity index (χ4v) is 2.23. The minimum atomic E-state index is -0.602. The van der Waals surface area contributed by atoms with E-state index in [4.69, 9.17) is 9.47 Å². The molecule has 0 heterocycles. The van der Waals surface area contributed by atoms with Crippen LogP contribution < -0.4 is 0 Å². The summed E-state index contributed by atoms with van der Waals surface area (Å²) in [6, 6.07) is 0. The molecule has 0 aromatic heterocycles. The van der Waals surface area contributed by atoms with Crippen molar-refractivity contribution in [2.45, 2.75) is 39.4 Å². The van der Waals surface area contributed by atoms with E-state index in [0.29, 0.717) is 6.61 Å². The highest BCUT2D eigenvalue weighted by atomic mass is 16.7. The molecule has 0 amide bonds. The summed E-state index contributed by atoms with van der Waals surface area (Å²) < 4.78 is 12.0. The Balaban J connectivity index is 2.21. The lowest BCUT2D eigenvalue weighted by Crippen LogP contribution is -2.38. The lowest BCUT2D eigenvalue weighted by Gasteiger charge is -2.36. The van der Waals surface area contributed by atoms with Gasteiger partial charge in [0.15, 0.2) is 0 Å². The van der Waals surface area contributed by atoms with Gasteiger partial charge in [0.1, 0.15) is 5.76 Å². The quantitative estimate of drug-likeness (QED) is 0.685. The van der Waals surface area contributed by atoms with Gasteiger partial charge in [0, 0.05) is 13.0 Å². The molecule has 0 saturated carbocycles. The van der Waals surface area contributed by atoms with Crippen LogP contribution in [-0.4, -0.2) is 12.4 Å². The topological polar surface area (TPSA) is 18.5 Å². The Hall–Kier alpha value is -1.28. The molecule has 1 atom stereocenters. The summed E-state index contributed by atoms with van der Waals surface area (Å²) in [7, 11) is 0. The normalized spacial score (nSPS) is 27.6. The van der Waals surface area contributed by atoms with Gasteiger partial charge in [-0.2, -0.15) is 0 Å². The van der Waals surface area contributed by atoms with E-state index in [1.54, 1.807) is 0 Å². The summed E-state index contributed by atoms with van der Waals surface area (Å²) in [5, 5.41) is 0. The van der Waals surface area contributed by atoms with E-state index >= 15 is 0 Å². The van der Waals surface area contributed by atoms with Gasteiger partial charge in [-0.3, -0.25) is 0 Å². The molecule has 0 aliphatic heterocycles. The smallest absolute Gasteiger partial charge is 0.236 e. The summed E-state index contributed by atoms with van der Waals surface area (Å²) >= 11 is 0. The maximum Gasteiger partial charge on any atom is 0.236 e. The van der Waals surface area contributed by atoms with Crippen LogP contribution in [0.1, 0.15) is 33.6 Å². The molecule has 2 rings (SSSR count). The van der Waals surface area contributed by atoms with Gasteiger partial charge in [-0.1, -0.05) is 23.8 Å². The van der Waals surface area contributed by atoms with E-state index in [9.17, 15) is 0 Å². The maximum atomic E-state index is 6.08. The SMILES string of the molecule is CCOC1(OC2=CCC=C2)CC=C(C)C=C1C. The second-order valence-electron chi connectivity index (χ2n) is 4.51. The average Bonchev–Trinajstić information content (AvgIpc) is 2.77. The summed E-state index contributed by atoms with van der Waals surface area (Å²) in [5.41, 5.74) is 2.41. The van der Waals surface area contributed by atoms with Gasteiger partial charge in [0.05, 0.1) is 0 Å². The number of rotatable bonds is 4. The van der Waals surface area contributed by atoms with Crippen LogP contribution in [0.3, 0.4) is 0 Å². The van der Waals surface area contributed by atoms with Crippen LogP contribution in [0.4, 0.5) is 0 Å². The zero-order valence-corrected chi connectivity index (χ0v) is 10.8. The summed E-state index contributed by atoms with van der Waals surface area (Å²) in [5.74, 6) is 0.313. The van der Waals surface area contributed by atoms with Crippen molar-refractivity contribution in [3.8, 4) is 0 Å². The predicted octanol–water partition coefficient (Wildman–Crippen LogP) is 3.88. The Morgan fingerprint density at radius 1 is 1.29 bits per heavy atom. The molecule has 0 spiro atoms. The van der Waals surface area contributed by atoms with Crippen LogP contribution in [0, 0.1) is 0 Å². The van der Waals surface area contributed by atoms with Gasteiger partial charge >= 0.3 is 0 Å². The predicted molar refractivity (Wildman–Crippen MR) is 69.4 cm³/mol. The summed E-state index contributed by atoms with van der Waals surface area (Å²) in [4.78, 5) is 0. The van der Waals surface area contributed by atoms with E-state index in [1.165, 1.54) is 5.57 Å². The molecule has 1 unspecified atom stereocenters. The van der Waals surface area contributed by atoms with Crippen LogP contribution in [0.2, 0.25) is 0 Å². The Labute approximate surface area is 103 Å². The van der Waals surface area contributed by atoms with Crippen molar-refractivity contribution in [3.05, 3.63) is 47.3 Å². The van der Waals surface area contributed by atoms with E-state index in [-0.39, 0.29) is 0 Å². The molecule has 0 radical (unpaired) electrons. The molecule has 17 heavy (non-hydrogen) atoms.